The fourth-order valence-electron chi connectivity index (χ4n) is 2.63. The summed E-state index contributed by atoms with van der Waals surface area (Å²) in [4.78, 5) is 10.9. The van der Waals surface area contributed by atoms with Crippen molar-refractivity contribution in [1.29, 1.82) is 0 Å². The quantitative estimate of drug-likeness (QED) is 0.340. The molecule has 0 N–H and O–H groups in total. The number of hydrogen-bond acceptors (Lipinski definition) is 6. The molecule has 0 spiro atoms. The minimum atomic E-state index is -0.0196. The zero-order valence-electron chi connectivity index (χ0n) is 16.8. The van der Waals surface area contributed by atoms with E-state index >= 15 is 0 Å². The van der Waals surface area contributed by atoms with Crippen LogP contribution in [0.15, 0.2) is 23.4 Å². The van der Waals surface area contributed by atoms with E-state index in [9.17, 15) is 4.79 Å². The standard InChI is InChI=1S/C20H29N3O3S/c1-6-23-18(20(3,4)5)21-22-19(23)27-12-8-11-26-16-10-9-15(14-24)13-17(16)25-7-2/h9-10,13-14H,6-8,11-12H2,1-5H3. The third kappa shape index (κ3) is 5.73. The number of aromatic nitrogens is 3. The van der Waals surface area contributed by atoms with Crippen LogP contribution in [0.4, 0.5) is 0 Å². The second kappa shape index (κ2) is 9.78. The number of thioether (sulfide) groups is 1. The van der Waals surface area contributed by atoms with Crippen LogP contribution in [0.3, 0.4) is 0 Å². The van der Waals surface area contributed by atoms with E-state index in [4.69, 9.17) is 9.47 Å². The summed E-state index contributed by atoms with van der Waals surface area (Å²) in [6.45, 7) is 12.4. The Bertz CT molecular complexity index is 753. The zero-order valence-corrected chi connectivity index (χ0v) is 17.6. The number of nitrogens with zero attached hydrogens (tertiary/aromatic N) is 3. The maximum Gasteiger partial charge on any atom is 0.191 e. The Morgan fingerprint density at radius 2 is 1.93 bits per heavy atom. The van der Waals surface area contributed by atoms with Gasteiger partial charge in [0.1, 0.15) is 12.1 Å². The van der Waals surface area contributed by atoms with Crippen molar-refractivity contribution < 1.29 is 14.3 Å². The van der Waals surface area contributed by atoms with Gasteiger partial charge in [-0.05, 0) is 38.5 Å². The average Bonchev–Trinajstić information content (AvgIpc) is 3.06. The van der Waals surface area contributed by atoms with Crippen LogP contribution in [0.2, 0.25) is 0 Å². The van der Waals surface area contributed by atoms with Crippen molar-refractivity contribution >= 4 is 18.0 Å². The number of aldehydes is 1. The topological polar surface area (TPSA) is 66.2 Å². The van der Waals surface area contributed by atoms with Crippen LogP contribution in [0.5, 0.6) is 11.5 Å². The normalized spacial score (nSPS) is 11.4. The maximum atomic E-state index is 10.9. The summed E-state index contributed by atoms with van der Waals surface area (Å²) in [5.41, 5.74) is 0.559. The van der Waals surface area contributed by atoms with Crippen LogP contribution >= 0.6 is 11.8 Å². The highest BCUT2D eigenvalue weighted by Gasteiger charge is 2.23. The molecule has 27 heavy (non-hydrogen) atoms. The first-order chi connectivity index (χ1) is 12.9. The van der Waals surface area contributed by atoms with Crippen LogP contribution < -0.4 is 9.47 Å². The lowest BCUT2D eigenvalue weighted by molar-refractivity contribution is 0.112. The fraction of sp³-hybridized carbons (Fsp3) is 0.550. The molecular formula is C20H29N3O3S. The third-order valence-corrected chi connectivity index (χ3v) is 4.94. The number of rotatable bonds is 10. The molecule has 1 aromatic heterocycles. The van der Waals surface area contributed by atoms with Gasteiger partial charge in [-0.1, -0.05) is 32.5 Å². The molecule has 7 heteroatoms. The summed E-state index contributed by atoms with van der Waals surface area (Å²) >= 11 is 1.70. The lowest BCUT2D eigenvalue weighted by Gasteiger charge is -2.18. The molecule has 0 aliphatic rings. The van der Waals surface area contributed by atoms with Crippen molar-refractivity contribution in [2.24, 2.45) is 0 Å². The zero-order chi connectivity index (χ0) is 19.9. The van der Waals surface area contributed by atoms with E-state index in [-0.39, 0.29) is 5.41 Å². The van der Waals surface area contributed by atoms with Crippen molar-refractivity contribution in [3.63, 3.8) is 0 Å². The van der Waals surface area contributed by atoms with Crippen LogP contribution in [0, 0.1) is 0 Å². The van der Waals surface area contributed by atoms with Crippen molar-refractivity contribution in [3.05, 3.63) is 29.6 Å². The molecule has 1 aromatic carbocycles. The largest absolute Gasteiger partial charge is 0.490 e. The molecule has 0 amide bonds. The Balaban J connectivity index is 1.88. The van der Waals surface area contributed by atoms with Crippen LogP contribution in [0.25, 0.3) is 0 Å². The van der Waals surface area contributed by atoms with Crippen molar-refractivity contribution in [1.82, 2.24) is 14.8 Å². The van der Waals surface area contributed by atoms with Gasteiger partial charge in [0.2, 0.25) is 0 Å². The van der Waals surface area contributed by atoms with Crippen LogP contribution in [0.1, 0.15) is 57.2 Å². The van der Waals surface area contributed by atoms with Gasteiger partial charge in [0, 0.05) is 23.3 Å². The molecule has 148 valence electrons. The molecule has 6 nitrogen and oxygen atoms in total. The van der Waals surface area contributed by atoms with E-state index in [2.05, 4.69) is 42.5 Å². The van der Waals surface area contributed by atoms with Gasteiger partial charge in [-0.25, -0.2) is 0 Å². The number of carbonyl (C=O) groups is 1. The van der Waals surface area contributed by atoms with Gasteiger partial charge in [0.05, 0.1) is 13.2 Å². The summed E-state index contributed by atoms with van der Waals surface area (Å²) in [5, 5.41) is 9.67. The monoisotopic (exact) mass is 391 g/mol. The van der Waals surface area contributed by atoms with Gasteiger partial charge in [-0.15, -0.1) is 10.2 Å². The first kappa shape index (κ1) is 21.3. The first-order valence-electron chi connectivity index (χ1n) is 9.32. The molecule has 0 unspecified atom stereocenters. The highest BCUT2D eigenvalue weighted by molar-refractivity contribution is 7.99. The Morgan fingerprint density at radius 3 is 2.56 bits per heavy atom. The Labute approximate surface area is 165 Å². The summed E-state index contributed by atoms with van der Waals surface area (Å²) in [5.74, 6) is 3.17. The van der Waals surface area contributed by atoms with E-state index in [0.717, 1.165) is 36.0 Å². The number of carbonyl (C=O) groups excluding carboxylic acids is 1. The van der Waals surface area contributed by atoms with Gasteiger partial charge in [0.25, 0.3) is 0 Å². The Morgan fingerprint density at radius 1 is 1.15 bits per heavy atom. The minimum absolute atomic E-state index is 0.0196. The fourth-order valence-corrected chi connectivity index (χ4v) is 3.54. The van der Waals surface area contributed by atoms with Crippen molar-refractivity contribution in [2.45, 2.75) is 58.2 Å². The van der Waals surface area contributed by atoms with Gasteiger partial charge in [-0.2, -0.15) is 0 Å². The lowest BCUT2D eigenvalue weighted by Crippen LogP contribution is -2.19. The summed E-state index contributed by atoms with van der Waals surface area (Å²) in [6, 6.07) is 5.22. The maximum absolute atomic E-state index is 10.9. The Hall–Kier alpha value is -2.02. The number of benzene rings is 1. The smallest absolute Gasteiger partial charge is 0.191 e. The average molecular weight is 392 g/mol. The molecule has 1 heterocycles. The van der Waals surface area contributed by atoms with Crippen molar-refractivity contribution in [3.8, 4) is 11.5 Å². The molecule has 0 bridgehead atoms. The lowest BCUT2D eigenvalue weighted by atomic mass is 9.96. The van der Waals surface area contributed by atoms with Gasteiger partial charge in [0.15, 0.2) is 16.7 Å². The van der Waals surface area contributed by atoms with Gasteiger partial charge in [-0.3, -0.25) is 4.79 Å². The number of hydrogen-bond donors (Lipinski definition) is 0. The summed E-state index contributed by atoms with van der Waals surface area (Å²) in [7, 11) is 0. The molecular weight excluding hydrogens is 362 g/mol. The molecule has 0 aliphatic carbocycles. The van der Waals surface area contributed by atoms with E-state index in [1.165, 1.54) is 0 Å². The molecule has 0 atom stereocenters. The van der Waals surface area contributed by atoms with Gasteiger partial charge < -0.3 is 14.0 Å². The highest BCUT2D eigenvalue weighted by atomic mass is 32.2. The highest BCUT2D eigenvalue weighted by Crippen LogP contribution is 2.29. The van der Waals surface area contributed by atoms with Crippen molar-refractivity contribution in [2.75, 3.05) is 19.0 Å². The second-order valence-electron chi connectivity index (χ2n) is 7.11. The molecule has 2 aromatic rings. The summed E-state index contributed by atoms with van der Waals surface area (Å²) in [6.07, 6.45) is 1.67. The van der Waals surface area contributed by atoms with E-state index in [1.54, 1.807) is 30.0 Å². The molecule has 2 rings (SSSR count). The predicted octanol–water partition coefficient (Wildman–Crippen LogP) is 4.37. The van der Waals surface area contributed by atoms with E-state index in [1.807, 2.05) is 6.92 Å². The SMILES string of the molecule is CCOc1cc(C=O)ccc1OCCCSc1nnc(C(C)(C)C)n1CC. The summed E-state index contributed by atoms with van der Waals surface area (Å²) < 4.78 is 13.6. The second-order valence-corrected chi connectivity index (χ2v) is 8.17. The van der Waals surface area contributed by atoms with E-state index in [0.29, 0.717) is 30.3 Å². The first-order valence-corrected chi connectivity index (χ1v) is 10.3. The van der Waals surface area contributed by atoms with Gasteiger partial charge >= 0.3 is 0 Å². The molecule has 0 saturated carbocycles. The number of ether oxygens (including phenoxy) is 2. The third-order valence-electron chi connectivity index (χ3n) is 3.88. The Kier molecular flexibility index (Phi) is 7.71. The van der Waals surface area contributed by atoms with E-state index < -0.39 is 0 Å². The minimum Gasteiger partial charge on any atom is -0.490 e. The van der Waals surface area contributed by atoms with Crippen LogP contribution in [-0.4, -0.2) is 40.0 Å². The molecule has 0 fully saturated rings. The molecule has 0 aliphatic heterocycles. The predicted molar refractivity (Wildman–Crippen MR) is 108 cm³/mol. The molecule has 0 radical (unpaired) electrons. The van der Waals surface area contributed by atoms with Crippen LogP contribution in [-0.2, 0) is 12.0 Å². The molecule has 0 saturated heterocycles.